The fourth-order valence-electron chi connectivity index (χ4n) is 3.26. The molecule has 0 unspecified atom stereocenters. The van der Waals surface area contributed by atoms with E-state index in [9.17, 15) is 19.2 Å². The van der Waals surface area contributed by atoms with Crippen LogP contribution in [0.15, 0.2) is 58.1 Å². The number of ketones is 1. The van der Waals surface area contributed by atoms with E-state index in [-0.39, 0.29) is 18.2 Å². The highest BCUT2D eigenvalue weighted by molar-refractivity contribution is 5.94. The summed E-state index contributed by atoms with van der Waals surface area (Å²) in [6.45, 7) is 3.83. The van der Waals surface area contributed by atoms with Crippen LogP contribution >= 0.6 is 0 Å². The third-order valence-corrected chi connectivity index (χ3v) is 4.86. The molecule has 1 heterocycles. The molecule has 0 fully saturated rings. The van der Waals surface area contributed by atoms with Gasteiger partial charge in [-0.3, -0.25) is 19.0 Å². The van der Waals surface area contributed by atoms with Crippen LogP contribution in [0.4, 0.5) is 0 Å². The Morgan fingerprint density at radius 3 is 2.28 bits per heavy atom. The highest BCUT2D eigenvalue weighted by Crippen LogP contribution is 2.12. The molecule has 3 aromatic rings. The predicted octanol–water partition coefficient (Wildman–Crippen LogP) is 2.22. The number of likely N-dealkylation sites (N-methyl/N-ethyl adjacent to an activating group) is 1. The van der Waals surface area contributed by atoms with Gasteiger partial charge in [-0.15, -0.1) is 0 Å². The topological polar surface area (TPSA) is 81.4 Å². The molecule has 2 aromatic carbocycles. The maximum Gasteiger partial charge on any atom is 0.336 e. The van der Waals surface area contributed by atoms with Crippen molar-refractivity contribution in [2.75, 3.05) is 13.6 Å². The van der Waals surface area contributed by atoms with Crippen molar-refractivity contribution in [2.24, 2.45) is 0 Å². The molecular formula is C22H23N3O4. The number of benzene rings is 2. The van der Waals surface area contributed by atoms with Crippen LogP contribution < -0.4 is 11.2 Å². The molecule has 29 heavy (non-hydrogen) atoms. The van der Waals surface area contributed by atoms with E-state index in [0.29, 0.717) is 28.7 Å². The number of amides is 1. The molecule has 0 saturated heterocycles. The first-order chi connectivity index (χ1) is 13.8. The zero-order valence-electron chi connectivity index (χ0n) is 16.7. The van der Waals surface area contributed by atoms with Crippen molar-refractivity contribution in [3.8, 4) is 5.69 Å². The van der Waals surface area contributed by atoms with Gasteiger partial charge >= 0.3 is 5.69 Å². The van der Waals surface area contributed by atoms with Gasteiger partial charge in [0.1, 0.15) is 6.54 Å². The Morgan fingerprint density at radius 2 is 1.66 bits per heavy atom. The van der Waals surface area contributed by atoms with Crippen molar-refractivity contribution < 1.29 is 9.59 Å². The molecule has 7 nitrogen and oxygen atoms in total. The summed E-state index contributed by atoms with van der Waals surface area (Å²) in [5.74, 6) is -0.319. The van der Waals surface area contributed by atoms with Crippen molar-refractivity contribution >= 4 is 22.6 Å². The van der Waals surface area contributed by atoms with Crippen LogP contribution in [0.1, 0.15) is 30.6 Å². The van der Waals surface area contributed by atoms with E-state index in [1.807, 2.05) is 6.92 Å². The lowest BCUT2D eigenvalue weighted by Gasteiger charge is -2.19. The van der Waals surface area contributed by atoms with Crippen LogP contribution in [0, 0.1) is 0 Å². The van der Waals surface area contributed by atoms with Gasteiger partial charge in [0.25, 0.3) is 5.56 Å². The summed E-state index contributed by atoms with van der Waals surface area (Å²) in [7, 11) is 1.69. The van der Waals surface area contributed by atoms with Crippen LogP contribution in [0.5, 0.6) is 0 Å². The molecular weight excluding hydrogens is 370 g/mol. The largest absolute Gasteiger partial charge is 0.344 e. The number of nitrogens with zero attached hydrogens (tertiary/aromatic N) is 3. The summed E-state index contributed by atoms with van der Waals surface area (Å²) in [5.41, 5.74) is 0.185. The van der Waals surface area contributed by atoms with Gasteiger partial charge in [0.15, 0.2) is 5.78 Å². The highest BCUT2D eigenvalue weighted by atomic mass is 16.2. The van der Waals surface area contributed by atoms with E-state index in [4.69, 9.17) is 0 Å². The summed E-state index contributed by atoms with van der Waals surface area (Å²) < 4.78 is 2.36. The minimum atomic E-state index is -0.595. The van der Waals surface area contributed by atoms with Crippen LogP contribution in [0.3, 0.4) is 0 Å². The third-order valence-electron chi connectivity index (χ3n) is 4.86. The number of carbonyl (C=O) groups excluding carboxylic acids is 2. The molecule has 0 aliphatic carbocycles. The molecule has 0 spiro atoms. The lowest BCUT2D eigenvalue weighted by atomic mass is 10.1. The smallest absolute Gasteiger partial charge is 0.336 e. The first-order valence-corrected chi connectivity index (χ1v) is 9.45. The second-order valence-corrected chi connectivity index (χ2v) is 6.94. The van der Waals surface area contributed by atoms with Crippen molar-refractivity contribution in [3.63, 3.8) is 0 Å². The van der Waals surface area contributed by atoms with Crippen LogP contribution in [0.2, 0.25) is 0 Å². The SMILES string of the molecule is CCCN(C)C(=O)Cn1c(=O)n(-c2ccc(C(C)=O)cc2)c(=O)c2ccccc21. The number of fused-ring (bicyclic) bond motifs is 1. The van der Waals surface area contributed by atoms with E-state index in [1.54, 1.807) is 60.5 Å². The molecule has 7 heteroatoms. The molecule has 3 rings (SSSR count). The number of hydrogen-bond donors (Lipinski definition) is 0. The summed E-state index contributed by atoms with van der Waals surface area (Å²) in [6, 6.07) is 13.0. The zero-order chi connectivity index (χ0) is 21.1. The standard InChI is InChI=1S/C22H23N3O4/c1-4-13-23(3)20(27)14-24-19-8-6-5-7-18(19)21(28)25(22(24)29)17-11-9-16(10-12-17)15(2)26/h5-12H,4,13-14H2,1-3H3. The van der Waals surface area contributed by atoms with Crippen LogP contribution in [-0.4, -0.2) is 39.3 Å². The van der Waals surface area contributed by atoms with Crippen molar-refractivity contribution in [3.05, 3.63) is 74.9 Å². The van der Waals surface area contributed by atoms with Gasteiger partial charge in [-0.2, -0.15) is 0 Å². The Bertz CT molecular complexity index is 1190. The Labute approximate surface area is 167 Å². The van der Waals surface area contributed by atoms with Crippen molar-refractivity contribution in [2.45, 2.75) is 26.8 Å². The molecule has 0 N–H and O–H groups in total. The number of para-hydroxylation sites is 1. The lowest BCUT2D eigenvalue weighted by molar-refractivity contribution is -0.130. The maximum atomic E-state index is 13.2. The van der Waals surface area contributed by atoms with Gasteiger partial charge < -0.3 is 4.90 Å². The summed E-state index contributed by atoms with van der Waals surface area (Å²) in [6.07, 6.45) is 0.805. The van der Waals surface area contributed by atoms with Gasteiger partial charge in [-0.25, -0.2) is 9.36 Å². The van der Waals surface area contributed by atoms with Gasteiger partial charge in [-0.1, -0.05) is 19.1 Å². The highest BCUT2D eigenvalue weighted by Gasteiger charge is 2.18. The molecule has 0 saturated carbocycles. The minimum Gasteiger partial charge on any atom is -0.344 e. The minimum absolute atomic E-state index is 0.107. The summed E-state index contributed by atoms with van der Waals surface area (Å²) in [4.78, 5) is 51.9. The number of rotatable bonds is 6. The fraction of sp³-hybridized carbons (Fsp3) is 0.273. The van der Waals surface area contributed by atoms with E-state index >= 15 is 0 Å². The maximum absolute atomic E-state index is 13.2. The van der Waals surface area contributed by atoms with Gasteiger partial charge in [0.05, 0.1) is 16.6 Å². The van der Waals surface area contributed by atoms with E-state index in [0.717, 1.165) is 11.0 Å². The lowest BCUT2D eigenvalue weighted by Crippen LogP contribution is -2.42. The van der Waals surface area contributed by atoms with Crippen molar-refractivity contribution in [1.29, 1.82) is 0 Å². The first kappa shape index (κ1) is 20.3. The number of hydrogen-bond acceptors (Lipinski definition) is 4. The van der Waals surface area contributed by atoms with Crippen LogP contribution in [0.25, 0.3) is 16.6 Å². The quantitative estimate of drug-likeness (QED) is 0.602. The third kappa shape index (κ3) is 3.89. The number of Topliss-reactive ketones (excluding diaryl/α,β-unsaturated/α-hetero) is 1. The number of carbonyl (C=O) groups is 2. The monoisotopic (exact) mass is 393 g/mol. The van der Waals surface area contributed by atoms with E-state index in [1.165, 1.54) is 11.5 Å². The Morgan fingerprint density at radius 1 is 1.00 bits per heavy atom. The molecule has 0 atom stereocenters. The second kappa shape index (κ2) is 8.26. The first-order valence-electron chi connectivity index (χ1n) is 9.45. The summed E-state index contributed by atoms with van der Waals surface area (Å²) >= 11 is 0. The molecule has 0 bridgehead atoms. The molecule has 0 radical (unpaired) electrons. The Kier molecular flexibility index (Phi) is 5.77. The van der Waals surface area contributed by atoms with Gasteiger partial charge in [-0.05, 0) is 49.7 Å². The van der Waals surface area contributed by atoms with Crippen LogP contribution in [-0.2, 0) is 11.3 Å². The van der Waals surface area contributed by atoms with E-state index < -0.39 is 11.2 Å². The Balaban J connectivity index is 2.21. The Hall–Kier alpha value is -3.48. The molecule has 150 valence electrons. The van der Waals surface area contributed by atoms with E-state index in [2.05, 4.69) is 0 Å². The predicted molar refractivity (Wildman–Crippen MR) is 112 cm³/mol. The van der Waals surface area contributed by atoms with Gasteiger partial charge in [0, 0.05) is 19.2 Å². The fourth-order valence-corrected chi connectivity index (χ4v) is 3.26. The number of aromatic nitrogens is 2. The molecule has 1 amide bonds. The average Bonchev–Trinajstić information content (AvgIpc) is 2.71. The molecule has 0 aliphatic rings. The molecule has 1 aromatic heterocycles. The zero-order valence-corrected chi connectivity index (χ0v) is 16.7. The van der Waals surface area contributed by atoms with Gasteiger partial charge in [0.2, 0.25) is 5.91 Å². The average molecular weight is 393 g/mol. The normalized spacial score (nSPS) is 10.9. The summed E-state index contributed by atoms with van der Waals surface area (Å²) in [5, 5.41) is 0.341. The molecule has 0 aliphatic heterocycles. The second-order valence-electron chi connectivity index (χ2n) is 6.94. The van der Waals surface area contributed by atoms with Crippen molar-refractivity contribution in [1.82, 2.24) is 14.0 Å².